The summed E-state index contributed by atoms with van der Waals surface area (Å²) in [7, 11) is 0. The minimum Gasteiger partial charge on any atom is -0.875 e. The smallest absolute Gasteiger partial charge is 0.875 e. The Kier molecular flexibility index (Phi) is 44.3. The summed E-state index contributed by atoms with van der Waals surface area (Å²) in [6, 6.07) is 0. The minimum absolute atomic E-state index is 0. The molecule has 6 nitrogen and oxygen atoms in total. The van der Waals surface area contributed by atoms with Crippen molar-refractivity contribution in [2.24, 2.45) is 0 Å². The van der Waals surface area contributed by atoms with Gasteiger partial charge in [-0.25, -0.2) is 0 Å². The van der Waals surface area contributed by atoms with E-state index in [2.05, 4.69) is 0 Å². The molecule has 0 saturated heterocycles. The number of ketones is 3. The Morgan fingerprint density at radius 1 is 0.447 bits per heavy atom. The Labute approximate surface area is 242 Å². The molecule has 0 aromatic carbocycles. The maximum Gasteiger partial charge on any atom is 4.00 e. The van der Waals surface area contributed by atoms with Crippen molar-refractivity contribution in [3.63, 3.8) is 0 Å². The molecule has 0 heterocycles. The fraction of sp³-hybridized carbons (Fsp3) is 0.625. The van der Waals surface area contributed by atoms with Crippen LogP contribution in [0.1, 0.15) is 97.8 Å². The van der Waals surface area contributed by atoms with Crippen LogP contribution in [0, 0.1) is 0 Å². The molecule has 38 heavy (non-hydrogen) atoms. The molecule has 0 atom stereocenters. The van der Waals surface area contributed by atoms with Gasteiger partial charge < -0.3 is 15.3 Å². The van der Waals surface area contributed by atoms with Gasteiger partial charge in [-0.05, 0) is 95.3 Å². The topological polar surface area (TPSA) is 120 Å². The molecule has 14 heteroatoms. The molecule has 0 amide bonds. The van der Waals surface area contributed by atoms with Gasteiger partial charge in [0, 0.05) is 24.4 Å². The van der Waals surface area contributed by atoms with Gasteiger partial charge in [-0.2, -0.15) is 0 Å². The molecule has 3 aliphatic rings. The largest absolute Gasteiger partial charge is 4.00 e. The van der Waals surface area contributed by atoms with Gasteiger partial charge in [-0.3, -0.25) is 42.6 Å². The SMILES string of the molecule is CC(=O)C1=C([O-])CCCC1.CC(=O)C1=C([O-])CCCC1.CC(=O)C1=C([O-])CCCC1.F.F.F.F.F.F.[Sb].[Si+4]. The first-order chi connectivity index (χ1) is 14.1. The molecule has 0 bridgehead atoms. The first-order valence-corrected chi connectivity index (χ1v) is 10.8. The molecular weight excluding hydrogens is 648 g/mol. The van der Waals surface area contributed by atoms with Crippen molar-refractivity contribution < 1.29 is 57.9 Å². The van der Waals surface area contributed by atoms with Crippen LogP contribution in [0.3, 0.4) is 0 Å². The van der Waals surface area contributed by atoms with Crippen LogP contribution in [-0.4, -0.2) is 52.7 Å². The first kappa shape index (κ1) is 56.4. The summed E-state index contributed by atoms with van der Waals surface area (Å²) >= 11 is 0. The summed E-state index contributed by atoms with van der Waals surface area (Å²) in [5, 5.41) is 32.9. The Bertz CT molecular complexity index is 676. The molecule has 0 fully saturated rings. The number of allylic oxidation sites excluding steroid dienone is 6. The van der Waals surface area contributed by atoms with Gasteiger partial charge in [0.1, 0.15) is 0 Å². The van der Waals surface area contributed by atoms with E-state index in [1.807, 2.05) is 0 Å². The second kappa shape index (κ2) is 29.8. The van der Waals surface area contributed by atoms with Gasteiger partial charge in [-0.15, -0.1) is 17.3 Å². The van der Waals surface area contributed by atoms with E-state index in [1.54, 1.807) is 0 Å². The van der Waals surface area contributed by atoms with E-state index in [4.69, 9.17) is 0 Å². The van der Waals surface area contributed by atoms with Gasteiger partial charge in [0.05, 0.1) is 0 Å². The van der Waals surface area contributed by atoms with Crippen molar-refractivity contribution in [1.82, 2.24) is 0 Å². The molecule has 221 valence electrons. The van der Waals surface area contributed by atoms with Crippen LogP contribution >= 0.6 is 0 Å². The number of halogens is 6. The maximum atomic E-state index is 11.0. The monoisotopic (exact) mass is 686 g/mol. The summed E-state index contributed by atoms with van der Waals surface area (Å²) in [5.41, 5.74) is 1.60. The van der Waals surface area contributed by atoms with E-state index >= 15 is 0 Å². The zero-order valence-electron chi connectivity index (χ0n) is 21.8. The van der Waals surface area contributed by atoms with Gasteiger partial charge in [-0.1, -0.05) is 19.3 Å². The molecule has 0 aliphatic heterocycles. The Hall–Kier alpha value is -1.75. The summed E-state index contributed by atoms with van der Waals surface area (Å²) in [5.74, 6) is 0.0929. The van der Waals surface area contributed by atoms with Crippen molar-refractivity contribution in [3.8, 4) is 0 Å². The Balaban J connectivity index is -0.0000000536. The quantitative estimate of drug-likeness (QED) is 0.332. The minimum atomic E-state index is -0.0373. The zero-order valence-corrected chi connectivity index (χ0v) is 25.4. The number of Topliss-reactive ketones (excluding diaryl/α,β-unsaturated/α-hetero) is 3. The van der Waals surface area contributed by atoms with Crippen LogP contribution in [0.4, 0.5) is 28.2 Å². The van der Waals surface area contributed by atoms with Crippen LogP contribution < -0.4 is 15.3 Å². The van der Waals surface area contributed by atoms with Crippen molar-refractivity contribution >= 4 is 52.7 Å². The molecule has 0 aromatic rings. The molecule has 0 N–H and O–H groups in total. The number of hydrogen-bond donors (Lipinski definition) is 0. The predicted molar refractivity (Wildman–Crippen MR) is 135 cm³/mol. The van der Waals surface area contributed by atoms with Crippen LogP contribution in [0.25, 0.3) is 0 Å². The van der Waals surface area contributed by atoms with Crippen LogP contribution in [-0.2, 0) is 14.4 Å². The second-order valence-corrected chi connectivity index (χ2v) is 8.00. The fourth-order valence-electron chi connectivity index (χ4n) is 3.75. The van der Waals surface area contributed by atoms with E-state index in [0.717, 1.165) is 38.5 Å². The van der Waals surface area contributed by atoms with Gasteiger partial charge in [0.15, 0.2) is 17.3 Å². The zero-order chi connectivity index (χ0) is 22.7. The summed E-state index contributed by atoms with van der Waals surface area (Å²) in [6.07, 6.45) is 9.71. The number of rotatable bonds is 3. The number of carbonyl (C=O) groups is 3. The number of hydrogen-bond acceptors (Lipinski definition) is 6. The Morgan fingerprint density at radius 2 is 0.605 bits per heavy atom. The molecule has 0 aromatic heterocycles. The average molecular weight is 687 g/mol. The van der Waals surface area contributed by atoms with E-state index in [0.29, 0.717) is 55.2 Å². The van der Waals surface area contributed by atoms with Crippen molar-refractivity contribution in [2.45, 2.75) is 97.8 Å². The first-order valence-electron chi connectivity index (χ1n) is 10.8. The molecule has 3 rings (SSSR count). The van der Waals surface area contributed by atoms with Gasteiger partial charge >= 0.3 is 11.0 Å². The summed E-state index contributed by atoms with van der Waals surface area (Å²) < 4.78 is 0. The van der Waals surface area contributed by atoms with Crippen LogP contribution in [0.2, 0.25) is 0 Å². The predicted octanol–water partition coefficient (Wildman–Crippen LogP) is 2.44. The summed E-state index contributed by atoms with van der Waals surface area (Å²) in [4.78, 5) is 32.3. The third-order valence-electron chi connectivity index (χ3n) is 5.53. The third kappa shape index (κ3) is 20.2. The molecule has 0 saturated carbocycles. The molecule has 3 radical (unpaired) electrons. The average Bonchev–Trinajstić information content (AvgIpc) is 2.69. The van der Waals surface area contributed by atoms with E-state index in [9.17, 15) is 29.7 Å². The van der Waals surface area contributed by atoms with Crippen LogP contribution in [0.15, 0.2) is 34.0 Å². The molecule has 3 aliphatic carbocycles. The van der Waals surface area contributed by atoms with E-state index in [1.165, 1.54) is 20.8 Å². The maximum absolute atomic E-state index is 11.0. The Morgan fingerprint density at radius 3 is 0.711 bits per heavy atom. The normalized spacial score (nSPS) is 15.2. The van der Waals surface area contributed by atoms with Crippen molar-refractivity contribution in [3.05, 3.63) is 34.0 Å². The fourth-order valence-corrected chi connectivity index (χ4v) is 3.75. The van der Waals surface area contributed by atoms with E-state index in [-0.39, 0.29) is 98.2 Å². The molecule has 0 unspecified atom stereocenters. The van der Waals surface area contributed by atoms with Gasteiger partial charge in [0.2, 0.25) is 0 Å². The summed E-state index contributed by atoms with van der Waals surface area (Å²) in [6.45, 7) is 4.41. The standard InChI is InChI=1S/3C8H12O2.6FH.Sb.Si/c3*1-6(9)7-4-2-3-5-8(7)10;;;;;;;;/h3*10H,2-5H2,1H3;6*1H;;/q;;;;;;;;;;+4/p-3. The molecule has 0 spiro atoms. The van der Waals surface area contributed by atoms with Crippen molar-refractivity contribution in [2.75, 3.05) is 0 Å². The van der Waals surface area contributed by atoms with E-state index < -0.39 is 0 Å². The van der Waals surface area contributed by atoms with Gasteiger partial charge in [0.25, 0.3) is 0 Å². The third-order valence-corrected chi connectivity index (χ3v) is 5.53. The van der Waals surface area contributed by atoms with Crippen LogP contribution in [0.5, 0.6) is 0 Å². The molecular formula is C24H39F6O6SbSi+. The second-order valence-electron chi connectivity index (χ2n) is 8.00. The number of carbonyl (C=O) groups excluding carboxylic acids is 3. The van der Waals surface area contributed by atoms with Crippen molar-refractivity contribution in [1.29, 1.82) is 0 Å².